The lowest BCUT2D eigenvalue weighted by molar-refractivity contribution is -0.137. The molecule has 3 N–H and O–H groups in total. The van der Waals surface area contributed by atoms with Crippen molar-refractivity contribution in [1.82, 2.24) is 0 Å². The summed E-state index contributed by atoms with van der Waals surface area (Å²) >= 11 is 0. The van der Waals surface area contributed by atoms with Gasteiger partial charge in [0, 0.05) is 6.04 Å². The average Bonchev–Trinajstić information content (AvgIpc) is 2.28. The van der Waals surface area contributed by atoms with Crippen LogP contribution in [0.15, 0.2) is 24.3 Å². The molecule has 0 amide bonds. The monoisotopic (exact) mass is 249 g/mol. The molecule has 0 saturated heterocycles. The van der Waals surface area contributed by atoms with Gasteiger partial charge in [0.1, 0.15) is 0 Å². The fourth-order valence-electron chi connectivity index (χ4n) is 1.96. The molecule has 0 fully saturated rings. The molecule has 0 spiro atoms. The zero-order chi connectivity index (χ0) is 13.7. The van der Waals surface area contributed by atoms with Gasteiger partial charge in [0.15, 0.2) is 0 Å². The van der Waals surface area contributed by atoms with Crippen LogP contribution < -0.4 is 5.73 Å². The molecule has 1 aromatic carbocycles. The van der Waals surface area contributed by atoms with E-state index >= 15 is 0 Å². The smallest absolute Gasteiger partial charge is 0.304 e. The fraction of sp³-hybridized carbons (Fsp3) is 0.533. The predicted octanol–water partition coefficient (Wildman–Crippen LogP) is 2.79. The average molecular weight is 249 g/mol. The van der Waals surface area contributed by atoms with Gasteiger partial charge in [0.25, 0.3) is 0 Å². The Morgan fingerprint density at radius 1 is 1.22 bits per heavy atom. The molecule has 2 unspecified atom stereocenters. The first-order valence-electron chi connectivity index (χ1n) is 6.46. The Hall–Kier alpha value is -1.35. The maximum atomic E-state index is 10.6. The summed E-state index contributed by atoms with van der Waals surface area (Å²) in [6, 6.07) is 8.20. The number of benzene rings is 1. The van der Waals surface area contributed by atoms with E-state index in [1.807, 2.05) is 6.92 Å². The highest BCUT2D eigenvalue weighted by Gasteiger charge is 2.16. The van der Waals surface area contributed by atoms with E-state index < -0.39 is 5.97 Å². The molecule has 1 rings (SSSR count). The van der Waals surface area contributed by atoms with Crippen LogP contribution in [0.3, 0.4) is 0 Å². The Labute approximate surface area is 109 Å². The van der Waals surface area contributed by atoms with E-state index in [0.717, 1.165) is 6.42 Å². The van der Waals surface area contributed by atoms with Gasteiger partial charge in [-0.3, -0.25) is 4.79 Å². The van der Waals surface area contributed by atoms with Crippen LogP contribution in [0.25, 0.3) is 0 Å². The third kappa shape index (κ3) is 4.49. The van der Waals surface area contributed by atoms with E-state index in [4.69, 9.17) is 10.8 Å². The van der Waals surface area contributed by atoms with Gasteiger partial charge >= 0.3 is 5.97 Å². The number of carbonyl (C=O) groups is 1. The third-order valence-corrected chi connectivity index (χ3v) is 3.35. The van der Waals surface area contributed by atoms with Gasteiger partial charge < -0.3 is 10.8 Å². The molecule has 2 atom stereocenters. The molecule has 0 aliphatic rings. The van der Waals surface area contributed by atoms with Crippen molar-refractivity contribution in [1.29, 1.82) is 0 Å². The highest BCUT2D eigenvalue weighted by molar-refractivity contribution is 5.67. The van der Waals surface area contributed by atoms with Crippen molar-refractivity contribution in [3.8, 4) is 0 Å². The SMILES string of the molecule is CC(C)c1ccc(CC(C)C(N)CC(=O)O)cc1. The largest absolute Gasteiger partial charge is 0.481 e. The molecule has 18 heavy (non-hydrogen) atoms. The molecule has 0 aliphatic carbocycles. The lowest BCUT2D eigenvalue weighted by Crippen LogP contribution is -2.32. The first kappa shape index (κ1) is 14.7. The molecule has 3 nitrogen and oxygen atoms in total. The number of hydrogen-bond donors (Lipinski definition) is 2. The topological polar surface area (TPSA) is 63.3 Å². The van der Waals surface area contributed by atoms with Crippen molar-refractivity contribution < 1.29 is 9.90 Å². The van der Waals surface area contributed by atoms with Crippen LogP contribution in [-0.4, -0.2) is 17.1 Å². The second-order valence-electron chi connectivity index (χ2n) is 5.34. The summed E-state index contributed by atoms with van der Waals surface area (Å²) in [5.74, 6) is -0.124. The summed E-state index contributed by atoms with van der Waals surface area (Å²) in [4.78, 5) is 10.6. The third-order valence-electron chi connectivity index (χ3n) is 3.35. The van der Waals surface area contributed by atoms with Crippen LogP contribution in [0.5, 0.6) is 0 Å². The normalized spacial score (nSPS) is 14.5. The molecule has 1 aromatic rings. The summed E-state index contributed by atoms with van der Waals surface area (Å²) in [7, 11) is 0. The van der Waals surface area contributed by atoms with Gasteiger partial charge in [-0.2, -0.15) is 0 Å². The van der Waals surface area contributed by atoms with Crippen molar-refractivity contribution >= 4 is 5.97 Å². The van der Waals surface area contributed by atoms with Gasteiger partial charge in [-0.25, -0.2) is 0 Å². The highest BCUT2D eigenvalue weighted by Crippen LogP contribution is 2.18. The maximum absolute atomic E-state index is 10.6. The second-order valence-corrected chi connectivity index (χ2v) is 5.34. The van der Waals surface area contributed by atoms with Gasteiger partial charge in [-0.05, 0) is 29.4 Å². The number of carboxylic acids is 1. The number of carboxylic acid groups (broad SMARTS) is 1. The summed E-state index contributed by atoms with van der Waals surface area (Å²) < 4.78 is 0. The summed E-state index contributed by atoms with van der Waals surface area (Å²) in [5, 5.41) is 8.72. The zero-order valence-corrected chi connectivity index (χ0v) is 11.4. The zero-order valence-electron chi connectivity index (χ0n) is 11.4. The molecular weight excluding hydrogens is 226 g/mol. The number of rotatable bonds is 6. The second kappa shape index (κ2) is 6.55. The van der Waals surface area contributed by atoms with Gasteiger partial charge in [-0.15, -0.1) is 0 Å². The highest BCUT2D eigenvalue weighted by atomic mass is 16.4. The molecule has 0 aliphatic heterocycles. The lowest BCUT2D eigenvalue weighted by Gasteiger charge is -2.18. The molecule has 3 heteroatoms. The van der Waals surface area contributed by atoms with Crippen LogP contribution in [-0.2, 0) is 11.2 Å². The van der Waals surface area contributed by atoms with Crippen LogP contribution in [0, 0.1) is 5.92 Å². The Morgan fingerprint density at radius 2 is 1.78 bits per heavy atom. The summed E-state index contributed by atoms with van der Waals surface area (Å²) in [6.07, 6.45) is 0.859. The van der Waals surface area contributed by atoms with Gasteiger partial charge in [0.2, 0.25) is 0 Å². The van der Waals surface area contributed by atoms with E-state index in [9.17, 15) is 4.79 Å². The minimum Gasteiger partial charge on any atom is -0.481 e. The molecule has 100 valence electrons. The van der Waals surface area contributed by atoms with Crippen LogP contribution >= 0.6 is 0 Å². The van der Waals surface area contributed by atoms with Gasteiger partial charge in [-0.1, -0.05) is 45.0 Å². The Kier molecular flexibility index (Phi) is 5.35. The quantitative estimate of drug-likeness (QED) is 0.815. The lowest BCUT2D eigenvalue weighted by atomic mass is 9.91. The maximum Gasteiger partial charge on any atom is 0.304 e. The Balaban J connectivity index is 2.58. The molecule has 0 bridgehead atoms. The standard InChI is InChI=1S/C15H23NO2/c1-10(2)13-6-4-12(5-7-13)8-11(3)14(16)9-15(17)18/h4-7,10-11,14H,8-9,16H2,1-3H3,(H,17,18). The van der Waals surface area contributed by atoms with Crippen molar-refractivity contribution in [2.45, 2.75) is 45.6 Å². The molecular formula is C15H23NO2. The number of hydrogen-bond acceptors (Lipinski definition) is 2. The molecule has 0 aromatic heterocycles. The summed E-state index contributed by atoms with van der Waals surface area (Å²) in [6.45, 7) is 6.34. The minimum absolute atomic E-state index is 0.0330. The van der Waals surface area contributed by atoms with Crippen LogP contribution in [0.1, 0.15) is 44.2 Å². The van der Waals surface area contributed by atoms with Crippen LogP contribution in [0.2, 0.25) is 0 Å². The van der Waals surface area contributed by atoms with Crippen molar-refractivity contribution in [3.63, 3.8) is 0 Å². The Bertz CT molecular complexity index is 384. The van der Waals surface area contributed by atoms with Crippen molar-refractivity contribution in [2.24, 2.45) is 11.7 Å². The van der Waals surface area contributed by atoms with E-state index in [1.165, 1.54) is 11.1 Å². The minimum atomic E-state index is -0.829. The molecule has 0 heterocycles. The number of nitrogens with two attached hydrogens (primary N) is 1. The van der Waals surface area contributed by atoms with E-state index in [1.54, 1.807) is 0 Å². The summed E-state index contributed by atoms with van der Waals surface area (Å²) in [5.41, 5.74) is 8.40. The first-order valence-corrected chi connectivity index (χ1v) is 6.46. The molecule has 0 radical (unpaired) electrons. The Morgan fingerprint density at radius 3 is 2.22 bits per heavy atom. The fourth-order valence-corrected chi connectivity index (χ4v) is 1.96. The van der Waals surface area contributed by atoms with Crippen LogP contribution in [0.4, 0.5) is 0 Å². The van der Waals surface area contributed by atoms with Gasteiger partial charge in [0.05, 0.1) is 6.42 Å². The van der Waals surface area contributed by atoms with Crippen molar-refractivity contribution in [2.75, 3.05) is 0 Å². The van der Waals surface area contributed by atoms with E-state index in [-0.39, 0.29) is 18.4 Å². The number of aliphatic carboxylic acids is 1. The predicted molar refractivity (Wildman–Crippen MR) is 73.6 cm³/mol. The molecule has 0 saturated carbocycles. The van der Waals surface area contributed by atoms with E-state index in [0.29, 0.717) is 5.92 Å². The van der Waals surface area contributed by atoms with Crippen molar-refractivity contribution in [3.05, 3.63) is 35.4 Å². The first-order chi connectivity index (χ1) is 8.40. The van der Waals surface area contributed by atoms with E-state index in [2.05, 4.69) is 38.1 Å².